The molecule has 194 valence electrons. The van der Waals surface area contributed by atoms with Gasteiger partial charge in [0.1, 0.15) is 18.1 Å². The van der Waals surface area contributed by atoms with Gasteiger partial charge in [0.2, 0.25) is 0 Å². The molecule has 11 nitrogen and oxygen atoms in total. The molecule has 3 N–H and O–H groups in total. The van der Waals surface area contributed by atoms with Crippen LogP contribution < -0.4 is 16.5 Å². The number of carbonyl (C=O) groups is 3. The lowest BCUT2D eigenvalue weighted by molar-refractivity contribution is -0.00275. The molecule has 3 amide bonds. The van der Waals surface area contributed by atoms with Crippen LogP contribution in [0.2, 0.25) is 5.02 Å². The number of nitrogens with zero attached hydrogens (tertiary/aromatic N) is 5. The number of methoxy groups -OCH3 is 1. The van der Waals surface area contributed by atoms with Crippen LogP contribution >= 0.6 is 43.5 Å². The quantitative estimate of drug-likeness (QED) is 0.295. The van der Waals surface area contributed by atoms with Gasteiger partial charge in [-0.3, -0.25) is 9.59 Å². The van der Waals surface area contributed by atoms with Crippen molar-refractivity contribution < 1.29 is 19.1 Å². The van der Waals surface area contributed by atoms with Gasteiger partial charge in [0.25, 0.3) is 11.8 Å². The van der Waals surface area contributed by atoms with Crippen LogP contribution in [0.5, 0.6) is 0 Å². The fraction of sp³-hybridized carbons (Fsp3) is 0.227. The highest BCUT2D eigenvalue weighted by molar-refractivity contribution is 9.10. The smallest absolute Gasteiger partial charge is 0.428 e. The van der Waals surface area contributed by atoms with Crippen LogP contribution in [0.4, 0.5) is 10.5 Å². The Bertz CT molecular complexity index is 1340. The summed E-state index contributed by atoms with van der Waals surface area (Å²) in [6.45, 7) is 1.99. The second-order valence-corrected chi connectivity index (χ2v) is 9.71. The highest BCUT2D eigenvalue weighted by Crippen LogP contribution is 2.25. The standard InChI is InChI=1S/C22H23BBr2ClN7O4/c1-3-31(22(36)37-2)32(8-6-27)21(35)13-9-12(24)10-14(23)18(13)29-20(34)16-11-17(25)30-33(16)19-15(26)5-4-7-28-19/h4-5,7,9-11H,3,6,8,23,27H2,1-2H3,(H,29,34). The summed E-state index contributed by atoms with van der Waals surface area (Å²) in [4.78, 5) is 43.8. The normalized spacial score (nSPS) is 10.6. The summed E-state index contributed by atoms with van der Waals surface area (Å²) in [5.41, 5.74) is 6.84. The van der Waals surface area contributed by atoms with Gasteiger partial charge in [-0.05, 0) is 41.1 Å². The third-order valence-electron chi connectivity index (χ3n) is 5.17. The number of benzene rings is 1. The maximum Gasteiger partial charge on any atom is 0.428 e. The molecule has 1 aromatic carbocycles. The zero-order valence-electron chi connectivity index (χ0n) is 20.2. The molecule has 3 rings (SSSR count). The van der Waals surface area contributed by atoms with Gasteiger partial charge >= 0.3 is 6.09 Å². The van der Waals surface area contributed by atoms with Crippen LogP contribution in [0.15, 0.2) is 45.6 Å². The number of rotatable bonds is 7. The van der Waals surface area contributed by atoms with E-state index >= 15 is 0 Å². The molecular weight excluding hydrogens is 632 g/mol. The van der Waals surface area contributed by atoms with Gasteiger partial charge in [0.15, 0.2) is 5.82 Å². The number of hydrogen-bond acceptors (Lipinski definition) is 7. The van der Waals surface area contributed by atoms with Crippen molar-refractivity contribution >= 4 is 80.4 Å². The molecular formula is C22H23BBr2ClN7O4. The van der Waals surface area contributed by atoms with E-state index in [0.717, 1.165) is 5.01 Å². The number of anilines is 1. The zero-order valence-corrected chi connectivity index (χ0v) is 24.1. The summed E-state index contributed by atoms with van der Waals surface area (Å²) in [6, 6.07) is 8.10. The van der Waals surface area contributed by atoms with Crippen molar-refractivity contribution in [1.29, 1.82) is 0 Å². The maximum absolute atomic E-state index is 13.7. The van der Waals surface area contributed by atoms with Crippen molar-refractivity contribution in [3.63, 3.8) is 0 Å². The van der Waals surface area contributed by atoms with E-state index in [2.05, 4.69) is 47.3 Å². The largest absolute Gasteiger partial charge is 0.452 e. The fourth-order valence-corrected chi connectivity index (χ4v) is 4.71. The predicted octanol–water partition coefficient (Wildman–Crippen LogP) is 2.36. The van der Waals surface area contributed by atoms with Crippen molar-refractivity contribution in [3.05, 3.63) is 61.9 Å². The Morgan fingerprint density at radius 3 is 2.59 bits per heavy atom. The Hall–Kier alpha value is -2.94. The van der Waals surface area contributed by atoms with Gasteiger partial charge in [0, 0.05) is 35.5 Å². The number of nitrogens with two attached hydrogens (primary N) is 1. The molecule has 3 aromatic rings. The van der Waals surface area contributed by atoms with Crippen LogP contribution in [0.25, 0.3) is 5.82 Å². The van der Waals surface area contributed by atoms with Crippen molar-refractivity contribution in [3.8, 4) is 5.82 Å². The Balaban J connectivity index is 2.06. The Kier molecular flexibility index (Phi) is 9.71. The van der Waals surface area contributed by atoms with Gasteiger partial charge in [-0.2, -0.15) is 5.10 Å². The Morgan fingerprint density at radius 2 is 1.97 bits per heavy atom. The molecule has 0 bridgehead atoms. The number of pyridine rings is 1. The lowest BCUT2D eigenvalue weighted by atomic mass is 9.91. The van der Waals surface area contributed by atoms with Gasteiger partial charge in [-0.1, -0.05) is 39.1 Å². The molecule has 0 aliphatic rings. The number of hydrogen-bond donors (Lipinski definition) is 2. The van der Waals surface area contributed by atoms with Gasteiger partial charge < -0.3 is 15.8 Å². The zero-order chi connectivity index (χ0) is 27.3. The average molecular weight is 656 g/mol. The molecule has 0 aliphatic heterocycles. The topological polar surface area (TPSA) is 136 Å². The first-order valence-corrected chi connectivity index (χ1v) is 12.9. The number of nitrogens with one attached hydrogen (secondary N) is 1. The third-order valence-corrected chi connectivity index (χ3v) is 6.31. The molecule has 37 heavy (non-hydrogen) atoms. The predicted molar refractivity (Wildman–Crippen MR) is 149 cm³/mol. The molecule has 0 saturated carbocycles. The minimum Gasteiger partial charge on any atom is -0.452 e. The molecule has 15 heteroatoms. The summed E-state index contributed by atoms with van der Waals surface area (Å²) in [6.07, 6.45) is 0.809. The van der Waals surface area contributed by atoms with E-state index in [1.165, 1.54) is 29.1 Å². The minimum absolute atomic E-state index is 0.0403. The number of amides is 3. The van der Waals surface area contributed by atoms with Crippen molar-refractivity contribution in [2.45, 2.75) is 6.92 Å². The number of halogens is 3. The van der Waals surface area contributed by atoms with Crippen LogP contribution in [-0.4, -0.2) is 77.3 Å². The molecule has 0 unspecified atom stereocenters. The molecule has 0 fully saturated rings. The summed E-state index contributed by atoms with van der Waals surface area (Å²) in [5.74, 6) is -0.862. The fourth-order valence-electron chi connectivity index (χ4n) is 3.56. The molecule has 0 aliphatic carbocycles. The van der Waals surface area contributed by atoms with Crippen LogP contribution in [0.3, 0.4) is 0 Å². The second-order valence-electron chi connectivity index (χ2n) is 7.58. The van der Waals surface area contributed by atoms with Crippen LogP contribution in [0.1, 0.15) is 27.8 Å². The van der Waals surface area contributed by atoms with Gasteiger partial charge in [-0.25, -0.2) is 24.5 Å². The molecule has 0 spiro atoms. The van der Waals surface area contributed by atoms with Gasteiger partial charge in [0.05, 0.1) is 24.2 Å². The second kappa shape index (κ2) is 12.5. The third kappa shape index (κ3) is 6.32. The summed E-state index contributed by atoms with van der Waals surface area (Å²) < 4.78 is 7.11. The summed E-state index contributed by atoms with van der Waals surface area (Å²) in [7, 11) is 2.96. The van der Waals surface area contributed by atoms with E-state index < -0.39 is 17.9 Å². The SMILES string of the molecule is Bc1cc(Br)cc(C(=O)N(CCN)N(CC)C(=O)OC)c1NC(=O)c1cc(Br)nn1-c1ncccc1Cl. The van der Waals surface area contributed by atoms with Crippen LogP contribution in [0, 0.1) is 0 Å². The average Bonchev–Trinajstić information content (AvgIpc) is 3.26. The summed E-state index contributed by atoms with van der Waals surface area (Å²) >= 11 is 13.0. The number of ether oxygens (including phenoxy) is 1. The Morgan fingerprint density at radius 1 is 1.24 bits per heavy atom. The molecule has 0 radical (unpaired) electrons. The van der Waals surface area contributed by atoms with E-state index in [1.54, 1.807) is 39.0 Å². The maximum atomic E-state index is 13.7. The monoisotopic (exact) mass is 653 g/mol. The summed E-state index contributed by atoms with van der Waals surface area (Å²) in [5, 5.41) is 9.73. The van der Waals surface area contributed by atoms with Crippen LogP contribution in [-0.2, 0) is 4.74 Å². The minimum atomic E-state index is -0.720. The first-order chi connectivity index (χ1) is 17.6. The molecule has 2 heterocycles. The number of aromatic nitrogens is 3. The van der Waals surface area contributed by atoms with E-state index in [0.29, 0.717) is 19.6 Å². The van der Waals surface area contributed by atoms with Crippen molar-refractivity contribution in [2.75, 3.05) is 32.1 Å². The van der Waals surface area contributed by atoms with Gasteiger partial charge in [-0.15, -0.1) is 0 Å². The lowest BCUT2D eigenvalue weighted by Crippen LogP contribution is -2.51. The van der Waals surface area contributed by atoms with E-state index in [9.17, 15) is 14.4 Å². The first kappa shape index (κ1) is 28.6. The molecule has 0 atom stereocenters. The van der Waals surface area contributed by atoms with Crippen molar-refractivity contribution in [1.82, 2.24) is 24.8 Å². The number of hydrazine groups is 1. The number of carbonyl (C=O) groups excluding carboxylic acids is 3. The highest BCUT2D eigenvalue weighted by Gasteiger charge is 2.29. The molecule has 0 saturated heterocycles. The highest BCUT2D eigenvalue weighted by atomic mass is 79.9. The van der Waals surface area contributed by atoms with E-state index in [-0.39, 0.29) is 42.4 Å². The van der Waals surface area contributed by atoms with E-state index in [1.807, 2.05) is 0 Å². The Labute approximate surface area is 235 Å². The lowest BCUT2D eigenvalue weighted by Gasteiger charge is -2.33. The van der Waals surface area contributed by atoms with E-state index in [4.69, 9.17) is 22.1 Å². The van der Waals surface area contributed by atoms with Crippen molar-refractivity contribution in [2.24, 2.45) is 5.73 Å². The first-order valence-electron chi connectivity index (χ1n) is 11.0. The molecule has 2 aromatic heterocycles.